The Bertz CT molecular complexity index is 626. The molecule has 1 heterocycles. The van der Waals surface area contributed by atoms with Gasteiger partial charge in [-0.05, 0) is 37.6 Å². The standard InChI is InChI=1S/C13H13ClN2O2/c1-7-5-11(15-6-12(17)18)9-3-4-10(14)8(2)13(9)16-7/h3-5H,6H2,1-2H3,(H,15,16)(H,17,18). The third-order valence-corrected chi connectivity index (χ3v) is 3.14. The zero-order chi connectivity index (χ0) is 13.3. The second-order valence-electron chi connectivity index (χ2n) is 4.13. The molecule has 0 saturated heterocycles. The highest BCUT2D eigenvalue weighted by Crippen LogP contribution is 2.29. The number of anilines is 1. The molecule has 0 unspecified atom stereocenters. The van der Waals surface area contributed by atoms with E-state index in [4.69, 9.17) is 16.7 Å². The molecule has 4 nitrogen and oxygen atoms in total. The normalized spacial score (nSPS) is 10.6. The molecule has 1 aromatic carbocycles. The second-order valence-corrected chi connectivity index (χ2v) is 4.53. The average Bonchev–Trinajstić information content (AvgIpc) is 2.31. The van der Waals surface area contributed by atoms with Crippen LogP contribution >= 0.6 is 11.6 Å². The summed E-state index contributed by atoms with van der Waals surface area (Å²) in [5, 5.41) is 13.1. The molecule has 94 valence electrons. The Hall–Kier alpha value is -1.81. The summed E-state index contributed by atoms with van der Waals surface area (Å²) >= 11 is 6.07. The number of nitrogens with zero attached hydrogens (tertiary/aromatic N) is 1. The summed E-state index contributed by atoms with van der Waals surface area (Å²) in [6, 6.07) is 5.47. The molecule has 0 aliphatic carbocycles. The van der Waals surface area contributed by atoms with Crippen molar-refractivity contribution in [1.82, 2.24) is 4.98 Å². The lowest BCUT2D eigenvalue weighted by molar-refractivity contribution is -0.134. The summed E-state index contributed by atoms with van der Waals surface area (Å²) in [7, 11) is 0. The number of carboxylic acids is 1. The number of nitrogens with one attached hydrogen (secondary N) is 1. The molecule has 5 heteroatoms. The molecule has 18 heavy (non-hydrogen) atoms. The SMILES string of the molecule is Cc1cc(NCC(=O)O)c2ccc(Cl)c(C)c2n1. The first-order valence-corrected chi connectivity index (χ1v) is 5.89. The van der Waals surface area contributed by atoms with E-state index in [0.717, 1.165) is 27.8 Å². The van der Waals surface area contributed by atoms with Crippen LogP contribution in [-0.2, 0) is 4.79 Å². The molecular weight excluding hydrogens is 252 g/mol. The molecule has 0 aliphatic rings. The van der Waals surface area contributed by atoms with Gasteiger partial charge in [0.25, 0.3) is 0 Å². The minimum atomic E-state index is -0.900. The number of pyridine rings is 1. The Balaban J connectivity index is 2.59. The van der Waals surface area contributed by atoms with Gasteiger partial charge in [-0.15, -0.1) is 0 Å². The van der Waals surface area contributed by atoms with Crippen LogP contribution in [0.25, 0.3) is 10.9 Å². The van der Waals surface area contributed by atoms with Gasteiger partial charge < -0.3 is 10.4 Å². The molecule has 1 aromatic heterocycles. The highest BCUT2D eigenvalue weighted by Gasteiger charge is 2.09. The van der Waals surface area contributed by atoms with E-state index in [1.54, 1.807) is 6.07 Å². The number of benzene rings is 1. The van der Waals surface area contributed by atoms with Crippen LogP contribution in [0.2, 0.25) is 5.02 Å². The molecule has 0 fully saturated rings. The summed E-state index contributed by atoms with van der Waals surface area (Å²) in [6.45, 7) is 3.64. The van der Waals surface area contributed by atoms with E-state index >= 15 is 0 Å². The Morgan fingerprint density at radius 3 is 2.83 bits per heavy atom. The summed E-state index contributed by atoms with van der Waals surface area (Å²) in [4.78, 5) is 15.1. The van der Waals surface area contributed by atoms with Crippen LogP contribution in [0.1, 0.15) is 11.3 Å². The zero-order valence-electron chi connectivity index (χ0n) is 10.1. The van der Waals surface area contributed by atoms with E-state index in [0.29, 0.717) is 5.02 Å². The molecule has 0 radical (unpaired) electrons. The van der Waals surface area contributed by atoms with Gasteiger partial charge in [0.05, 0.1) is 5.52 Å². The quantitative estimate of drug-likeness (QED) is 0.895. The van der Waals surface area contributed by atoms with Crippen LogP contribution < -0.4 is 5.32 Å². The van der Waals surface area contributed by atoms with Crippen LogP contribution in [-0.4, -0.2) is 22.6 Å². The maximum Gasteiger partial charge on any atom is 0.322 e. The van der Waals surface area contributed by atoms with E-state index in [1.807, 2.05) is 26.0 Å². The fourth-order valence-corrected chi connectivity index (χ4v) is 2.00. The third-order valence-electron chi connectivity index (χ3n) is 2.73. The third kappa shape index (κ3) is 2.38. The first-order valence-electron chi connectivity index (χ1n) is 5.51. The van der Waals surface area contributed by atoms with Crippen molar-refractivity contribution in [3.63, 3.8) is 0 Å². The minimum absolute atomic E-state index is 0.125. The molecular formula is C13H13ClN2O2. The molecule has 0 saturated carbocycles. The lowest BCUT2D eigenvalue weighted by Gasteiger charge is -2.11. The predicted octanol–water partition coefficient (Wildman–Crippen LogP) is 3.00. The fraction of sp³-hybridized carbons (Fsp3) is 0.231. The topological polar surface area (TPSA) is 62.2 Å². The zero-order valence-corrected chi connectivity index (χ0v) is 10.9. The van der Waals surface area contributed by atoms with Gasteiger partial charge in [-0.25, -0.2) is 0 Å². The summed E-state index contributed by atoms with van der Waals surface area (Å²) in [5.41, 5.74) is 3.28. The highest BCUT2D eigenvalue weighted by molar-refractivity contribution is 6.32. The largest absolute Gasteiger partial charge is 0.480 e. The van der Waals surface area contributed by atoms with Crippen molar-refractivity contribution in [2.45, 2.75) is 13.8 Å². The van der Waals surface area contributed by atoms with Crippen molar-refractivity contribution in [2.24, 2.45) is 0 Å². The lowest BCUT2D eigenvalue weighted by atomic mass is 10.1. The summed E-state index contributed by atoms with van der Waals surface area (Å²) in [5.74, 6) is -0.900. The smallest absolute Gasteiger partial charge is 0.322 e. The van der Waals surface area contributed by atoms with E-state index in [2.05, 4.69) is 10.3 Å². The number of hydrogen-bond acceptors (Lipinski definition) is 3. The van der Waals surface area contributed by atoms with Crippen LogP contribution in [0.3, 0.4) is 0 Å². The summed E-state index contributed by atoms with van der Waals surface area (Å²) in [6.07, 6.45) is 0. The molecule has 0 aliphatic heterocycles. The van der Waals surface area contributed by atoms with Gasteiger partial charge in [-0.2, -0.15) is 0 Å². The van der Waals surface area contributed by atoms with E-state index in [-0.39, 0.29) is 6.54 Å². The van der Waals surface area contributed by atoms with Crippen LogP contribution in [0, 0.1) is 13.8 Å². The molecule has 2 N–H and O–H groups in total. The van der Waals surface area contributed by atoms with Crippen LogP contribution in [0.4, 0.5) is 5.69 Å². The maximum atomic E-state index is 10.6. The van der Waals surface area contributed by atoms with Crippen molar-refractivity contribution < 1.29 is 9.90 Å². The Morgan fingerprint density at radius 1 is 1.44 bits per heavy atom. The second kappa shape index (κ2) is 4.82. The maximum absolute atomic E-state index is 10.6. The molecule has 0 bridgehead atoms. The lowest BCUT2D eigenvalue weighted by Crippen LogP contribution is -2.12. The van der Waals surface area contributed by atoms with Crippen LogP contribution in [0.15, 0.2) is 18.2 Å². The van der Waals surface area contributed by atoms with Gasteiger partial charge >= 0.3 is 5.97 Å². The Kier molecular flexibility index (Phi) is 3.39. The van der Waals surface area contributed by atoms with E-state index in [9.17, 15) is 4.79 Å². The van der Waals surface area contributed by atoms with Crippen molar-refractivity contribution in [3.8, 4) is 0 Å². The monoisotopic (exact) mass is 264 g/mol. The van der Waals surface area contributed by atoms with Crippen LogP contribution in [0.5, 0.6) is 0 Å². The number of fused-ring (bicyclic) bond motifs is 1. The van der Waals surface area contributed by atoms with Crippen molar-refractivity contribution in [1.29, 1.82) is 0 Å². The Morgan fingerprint density at radius 2 is 2.17 bits per heavy atom. The number of carbonyl (C=O) groups is 1. The molecule has 0 spiro atoms. The van der Waals surface area contributed by atoms with Gasteiger partial charge in [-0.1, -0.05) is 11.6 Å². The molecule has 2 rings (SSSR count). The number of hydrogen-bond donors (Lipinski definition) is 2. The number of aromatic nitrogens is 1. The number of rotatable bonds is 3. The number of aliphatic carboxylic acids is 1. The van der Waals surface area contributed by atoms with Gasteiger partial charge in [0.2, 0.25) is 0 Å². The fourth-order valence-electron chi connectivity index (χ4n) is 1.85. The Labute approximate surface area is 110 Å². The number of halogens is 1. The number of carboxylic acid groups (broad SMARTS) is 1. The van der Waals surface area contributed by atoms with Crippen molar-refractivity contribution in [2.75, 3.05) is 11.9 Å². The molecule has 0 atom stereocenters. The van der Waals surface area contributed by atoms with Gasteiger partial charge in [0.1, 0.15) is 6.54 Å². The van der Waals surface area contributed by atoms with Gasteiger partial charge in [-0.3, -0.25) is 9.78 Å². The molecule has 0 amide bonds. The first kappa shape index (κ1) is 12.6. The van der Waals surface area contributed by atoms with Crippen molar-refractivity contribution in [3.05, 3.63) is 34.5 Å². The van der Waals surface area contributed by atoms with Crippen molar-refractivity contribution >= 4 is 34.2 Å². The highest BCUT2D eigenvalue weighted by atomic mass is 35.5. The van der Waals surface area contributed by atoms with E-state index < -0.39 is 5.97 Å². The number of aryl methyl sites for hydroxylation is 2. The van der Waals surface area contributed by atoms with E-state index in [1.165, 1.54) is 0 Å². The van der Waals surface area contributed by atoms with Gasteiger partial charge in [0, 0.05) is 21.8 Å². The predicted molar refractivity (Wildman–Crippen MR) is 72.4 cm³/mol. The molecule has 2 aromatic rings. The van der Waals surface area contributed by atoms with Gasteiger partial charge in [0.15, 0.2) is 0 Å². The summed E-state index contributed by atoms with van der Waals surface area (Å²) < 4.78 is 0. The minimum Gasteiger partial charge on any atom is -0.480 e. The average molecular weight is 265 g/mol. The first-order chi connectivity index (χ1) is 8.49.